The molecule has 1 aromatic carbocycles. The van der Waals surface area contributed by atoms with Gasteiger partial charge in [0.15, 0.2) is 11.6 Å². The molecule has 190 valence electrons. The van der Waals surface area contributed by atoms with E-state index in [1.54, 1.807) is 17.1 Å². The molecule has 0 saturated carbocycles. The maximum absolute atomic E-state index is 13.6. The van der Waals surface area contributed by atoms with E-state index in [1.807, 2.05) is 18.2 Å². The predicted molar refractivity (Wildman–Crippen MR) is 136 cm³/mol. The van der Waals surface area contributed by atoms with Crippen molar-refractivity contribution in [3.8, 4) is 0 Å². The number of azo groups is 1. The second-order valence-electron chi connectivity index (χ2n) is 9.88. The molecule has 2 bridgehead atoms. The topological polar surface area (TPSA) is 137 Å². The molecule has 5 aliphatic rings. The number of fused-ring (bicyclic) bond motifs is 5. The molecular weight excluding hydrogens is 494 g/mol. The SMILES string of the molecule is O=C(Nc1cccc2c1C(=O)C1=C(c3ccc(C(=O)[C@@]45CN[C@H](CN4)C5)s3)N=NC12)NN1CCOCC1. The minimum atomic E-state index is -0.549. The predicted octanol–water partition coefficient (Wildman–Crippen LogP) is 2.12. The van der Waals surface area contributed by atoms with Crippen molar-refractivity contribution in [2.45, 2.75) is 24.0 Å². The summed E-state index contributed by atoms with van der Waals surface area (Å²) in [7, 11) is 0. The van der Waals surface area contributed by atoms with Gasteiger partial charge in [-0.05, 0) is 30.2 Å². The molecule has 11 nitrogen and oxygen atoms in total. The van der Waals surface area contributed by atoms with Crippen LogP contribution in [-0.2, 0) is 4.74 Å². The van der Waals surface area contributed by atoms with Crippen LogP contribution in [0.1, 0.15) is 42.9 Å². The number of thiophene rings is 1. The standard InChI is InChI=1S/C25H25N7O4S/c33-22-18-14(2-1-3-15(18)28-24(35)31-32-6-8-36-9-7-32)20-19(22)21(30-29-20)16-4-5-17(37-16)23(34)25-10-13(11-27-25)26-12-25/h1-5,13,20,26-27H,6-12H2,(H2,28,31,35)/t13-,20?,25+/m0/s1. The minimum absolute atomic E-state index is 0.0761. The van der Waals surface area contributed by atoms with Gasteiger partial charge in [0.1, 0.15) is 11.7 Å². The lowest BCUT2D eigenvalue weighted by Crippen LogP contribution is -2.54. The van der Waals surface area contributed by atoms with Gasteiger partial charge in [-0.2, -0.15) is 10.2 Å². The van der Waals surface area contributed by atoms with Crippen molar-refractivity contribution in [2.24, 2.45) is 10.2 Å². The molecule has 1 unspecified atom stereocenters. The molecule has 2 amide bonds. The first-order valence-electron chi connectivity index (χ1n) is 12.4. The summed E-state index contributed by atoms with van der Waals surface area (Å²) in [4.78, 5) is 41.0. The summed E-state index contributed by atoms with van der Waals surface area (Å²) >= 11 is 1.34. The van der Waals surface area contributed by atoms with Gasteiger partial charge in [0.05, 0.1) is 45.3 Å². The van der Waals surface area contributed by atoms with Crippen molar-refractivity contribution >= 4 is 40.3 Å². The van der Waals surface area contributed by atoms with E-state index in [0.29, 0.717) is 71.9 Å². The maximum atomic E-state index is 13.6. The summed E-state index contributed by atoms with van der Waals surface area (Å²) in [6.07, 6.45) is 0.789. The molecule has 3 saturated heterocycles. The van der Waals surface area contributed by atoms with Gasteiger partial charge in [0.25, 0.3) is 0 Å². The zero-order chi connectivity index (χ0) is 25.1. The summed E-state index contributed by atoms with van der Waals surface area (Å²) in [5.74, 6) is -0.130. The van der Waals surface area contributed by atoms with E-state index >= 15 is 0 Å². The number of urea groups is 1. The summed E-state index contributed by atoms with van der Waals surface area (Å²) in [6.45, 7) is 3.71. The van der Waals surface area contributed by atoms with E-state index in [1.165, 1.54) is 11.3 Å². The Balaban J connectivity index is 1.15. The van der Waals surface area contributed by atoms with Crippen LogP contribution in [0.5, 0.6) is 0 Å². The fourth-order valence-electron chi connectivity index (χ4n) is 5.80. The summed E-state index contributed by atoms with van der Waals surface area (Å²) in [5.41, 5.74) is 4.82. The Morgan fingerprint density at radius 1 is 1.19 bits per heavy atom. The quantitative estimate of drug-likeness (QED) is 0.444. The van der Waals surface area contributed by atoms with Crippen molar-refractivity contribution in [3.05, 3.63) is 56.8 Å². The van der Waals surface area contributed by atoms with Gasteiger partial charge in [-0.1, -0.05) is 12.1 Å². The third kappa shape index (κ3) is 3.67. The molecule has 3 fully saturated rings. The van der Waals surface area contributed by atoms with Crippen LogP contribution in [0.2, 0.25) is 0 Å². The Labute approximate surface area is 216 Å². The maximum Gasteiger partial charge on any atom is 0.333 e. The van der Waals surface area contributed by atoms with Crippen LogP contribution in [0.4, 0.5) is 10.5 Å². The van der Waals surface area contributed by atoms with Crippen molar-refractivity contribution in [1.29, 1.82) is 0 Å². The molecule has 12 heteroatoms. The van der Waals surface area contributed by atoms with Crippen molar-refractivity contribution in [3.63, 3.8) is 0 Å². The monoisotopic (exact) mass is 519 g/mol. The normalized spacial score (nSPS) is 28.1. The van der Waals surface area contributed by atoms with Crippen molar-refractivity contribution < 1.29 is 19.1 Å². The lowest BCUT2D eigenvalue weighted by atomic mass is 9.93. The van der Waals surface area contributed by atoms with Crippen LogP contribution in [0.15, 0.2) is 46.1 Å². The number of ketones is 2. The number of nitrogens with one attached hydrogen (secondary N) is 4. The number of amides is 2. The second-order valence-corrected chi connectivity index (χ2v) is 11.0. The molecule has 2 aromatic rings. The number of hydrazine groups is 1. The van der Waals surface area contributed by atoms with Crippen LogP contribution < -0.4 is 21.4 Å². The van der Waals surface area contributed by atoms with Gasteiger partial charge in [0, 0.05) is 32.2 Å². The number of carbonyl (C=O) groups excluding carboxylic acids is 3. The molecule has 4 N–H and O–H groups in total. The van der Waals surface area contributed by atoms with Gasteiger partial charge in [0.2, 0.25) is 0 Å². The highest BCUT2D eigenvalue weighted by Crippen LogP contribution is 2.50. The Morgan fingerprint density at radius 2 is 2.05 bits per heavy atom. The molecule has 5 heterocycles. The van der Waals surface area contributed by atoms with Gasteiger partial charge in [-0.15, -0.1) is 11.3 Å². The zero-order valence-corrected chi connectivity index (χ0v) is 20.7. The van der Waals surface area contributed by atoms with Crippen LogP contribution in [0.3, 0.4) is 0 Å². The third-order valence-corrected chi connectivity index (χ3v) is 8.75. The summed E-state index contributed by atoms with van der Waals surface area (Å²) in [6, 6.07) is 8.42. The van der Waals surface area contributed by atoms with Gasteiger partial charge in [-0.25, -0.2) is 9.80 Å². The van der Waals surface area contributed by atoms with E-state index in [9.17, 15) is 14.4 Å². The number of anilines is 1. The number of piperazine rings is 1. The number of hydrogen-bond donors (Lipinski definition) is 4. The fraction of sp³-hybridized carbons (Fsp3) is 0.400. The number of benzene rings is 1. The summed E-state index contributed by atoms with van der Waals surface area (Å²) < 4.78 is 5.31. The highest BCUT2D eigenvalue weighted by Gasteiger charge is 2.50. The van der Waals surface area contributed by atoms with E-state index in [4.69, 9.17) is 4.74 Å². The molecule has 4 aliphatic heterocycles. The lowest BCUT2D eigenvalue weighted by molar-refractivity contribution is 0.0207. The van der Waals surface area contributed by atoms with E-state index < -0.39 is 17.6 Å². The van der Waals surface area contributed by atoms with E-state index in [0.717, 1.165) is 17.8 Å². The first-order chi connectivity index (χ1) is 18.0. The second kappa shape index (κ2) is 8.64. The number of carbonyl (C=O) groups is 3. The molecular formula is C25H25N7O4S. The number of nitrogens with zero attached hydrogens (tertiary/aromatic N) is 3. The first kappa shape index (κ1) is 22.9. The number of ether oxygens (including phenoxy) is 1. The average Bonchev–Trinajstić information content (AvgIpc) is 3.73. The van der Waals surface area contributed by atoms with Gasteiger partial charge < -0.3 is 20.7 Å². The van der Waals surface area contributed by atoms with Gasteiger partial charge in [-0.3, -0.25) is 15.0 Å². The first-order valence-corrected chi connectivity index (χ1v) is 13.2. The smallest absolute Gasteiger partial charge is 0.333 e. The Morgan fingerprint density at radius 3 is 2.81 bits per heavy atom. The molecule has 3 atom stereocenters. The van der Waals surface area contributed by atoms with Crippen LogP contribution in [-0.4, -0.2) is 73.6 Å². The minimum Gasteiger partial charge on any atom is -0.379 e. The largest absolute Gasteiger partial charge is 0.379 e. The highest BCUT2D eigenvalue weighted by atomic mass is 32.1. The fourth-order valence-corrected chi connectivity index (χ4v) is 6.85. The third-order valence-electron chi connectivity index (χ3n) is 7.66. The molecule has 7 rings (SSSR count). The molecule has 1 aromatic heterocycles. The van der Waals surface area contributed by atoms with Crippen molar-refractivity contribution in [2.75, 3.05) is 44.7 Å². The van der Waals surface area contributed by atoms with Gasteiger partial charge >= 0.3 is 6.03 Å². The van der Waals surface area contributed by atoms with Crippen LogP contribution >= 0.6 is 11.3 Å². The molecule has 1 aliphatic carbocycles. The zero-order valence-electron chi connectivity index (χ0n) is 19.9. The molecule has 0 spiro atoms. The molecule has 37 heavy (non-hydrogen) atoms. The van der Waals surface area contributed by atoms with Crippen LogP contribution in [0.25, 0.3) is 5.70 Å². The lowest BCUT2D eigenvalue weighted by Gasteiger charge is -2.27. The summed E-state index contributed by atoms with van der Waals surface area (Å²) in [5, 5.41) is 20.2. The molecule has 0 radical (unpaired) electrons. The van der Waals surface area contributed by atoms with E-state index in [2.05, 4.69) is 31.6 Å². The Bertz CT molecular complexity index is 1390. The number of Topliss-reactive ketones (excluding diaryl/α,β-unsaturated/α-hetero) is 2. The van der Waals surface area contributed by atoms with Crippen LogP contribution in [0, 0.1) is 0 Å². The van der Waals surface area contributed by atoms with E-state index in [-0.39, 0.29) is 11.6 Å². The Hall–Kier alpha value is -3.29. The van der Waals surface area contributed by atoms with Crippen molar-refractivity contribution in [1.82, 2.24) is 21.1 Å². The highest BCUT2D eigenvalue weighted by molar-refractivity contribution is 7.15. The number of morpholine rings is 1. The number of rotatable bonds is 5. The number of hydrogen-bond acceptors (Lipinski definition) is 10. The average molecular weight is 520 g/mol. The Kier molecular flexibility index (Phi) is 5.34.